The Kier molecular flexibility index (Phi) is 5.26. The zero-order valence-corrected chi connectivity index (χ0v) is 17.4. The highest BCUT2D eigenvalue weighted by Gasteiger charge is 2.29. The highest BCUT2D eigenvalue weighted by atomic mass is 32.2. The molecule has 0 bridgehead atoms. The van der Waals surface area contributed by atoms with E-state index in [-0.39, 0.29) is 23.2 Å². The summed E-state index contributed by atoms with van der Waals surface area (Å²) in [5.74, 6) is 0.782. The van der Waals surface area contributed by atoms with E-state index in [1.165, 1.54) is 12.1 Å². The Morgan fingerprint density at radius 3 is 2.60 bits per heavy atom. The Hall–Kier alpha value is -2.90. The van der Waals surface area contributed by atoms with Gasteiger partial charge in [-0.15, -0.1) is 0 Å². The van der Waals surface area contributed by atoms with Crippen LogP contribution in [0.2, 0.25) is 0 Å². The van der Waals surface area contributed by atoms with Gasteiger partial charge in [-0.05, 0) is 36.8 Å². The molecule has 1 aliphatic rings. The number of rotatable bonds is 5. The van der Waals surface area contributed by atoms with Crippen molar-refractivity contribution in [1.82, 2.24) is 0 Å². The van der Waals surface area contributed by atoms with Crippen LogP contribution >= 0.6 is 0 Å². The maximum absolute atomic E-state index is 14.5. The molecule has 0 fully saturated rings. The van der Waals surface area contributed by atoms with Crippen molar-refractivity contribution in [3.63, 3.8) is 0 Å². The number of hydrogen-bond acceptors (Lipinski definition) is 4. The van der Waals surface area contributed by atoms with Gasteiger partial charge in [-0.3, -0.25) is 4.55 Å². The highest BCUT2D eigenvalue weighted by Crippen LogP contribution is 2.43. The van der Waals surface area contributed by atoms with Gasteiger partial charge in [0.05, 0.1) is 12.0 Å². The molecule has 0 amide bonds. The molecule has 0 aromatic heterocycles. The van der Waals surface area contributed by atoms with Gasteiger partial charge in [0.1, 0.15) is 23.4 Å². The molecular weight excluding hydrogens is 407 g/mol. The van der Waals surface area contributed by atoms with Gasteiger partial charge in [0.25, 0.3) is 10.1 Å². The molecule has 4 rings (SSSR count). The number of methoxy groups -OCH3 is 1. The van der Waals surface area contributed by atoms with Crippen molar-refractivity contribution >= 4 is 10.1 Å². The minimum absolute atomic E-state index is 0.125. The van der Waals surface area contributed by atoms with Gasteiger partial charge in [-0.1, -0.05) is 35.9 Å². The van der Waals surface area contributed by atoms with E-state index >= 15 is 0 Å². The van der Waals surface area contributed by atoms with E-state index in [9.17, 15) is 17.4 Å². The number of fused-ring (bicyclic) bond motifs is 1. The van der Waals surface area contributed by atoms with Crippen LogP contribution < -0.4 is 9.47 Å². The molecule has 0 saturated carbocycles. The topological polar surface area (TPSA) is 72.8 Å². The first kappa shape index (κ1) is 20.4. The maximum atomic E-state index is 14.5. The summed E-state index contributed by atoms with van der Waals surface area (Å²) in [6.45, 7) is 1.85. The van der Waals surface area contributed by atoms with Gasteiger partial charge in [0, 0.05) is 29.5 Å². The summed E-state index contributed by atoms with van der Waals surface area (Å²) in [6, 6.07) is 14.8. The van der Waals surface area contributed by atoms with Gasteiger partial charge in [0.2, 0.25) is 0 Å². The Morgan fingerprint density at radius 2 is 1.90 bits per heavy atom. The molecule has 3 aromatic rings. The zero-order chi connectivity index (χ0) is 21.5. The molecule has 156 valence electrons. The van der Waals surface area contributed by atoms with Crippen molar-refractivity contribution in [3.8, 4) is 22.6 Å². The molecular formula is C23H21FO5S. The highest BCUT2D eigenvalue weighted by molar-refractivity contribution is 7.85. The van der Waals surface area contributed by atoms with Crippen LogP contribution in [0.15, 0.2) is 59.5 Å². The lowest BCUT2D eigenvalue weighted by molar-refractivity contribution is 0.233. The molecule has 3 aromatic carbocycles. The fourth-order valence-corrected chi connectivity index (χ4v) is 4.59. The van der Waals surface area contributed by atoms with E-state index in [1.807, 2.05) is 13.0 Å². The SMILES string of the molecule is COc1cc2c(c(-c3ccccc3F)c1)OC(Cc1cc(C)ccc1S(=O)(=O)O)C2. The van der Waals surface area contributed by atoms with Gasteiger partial charge >= 0.3 is 0 Å². The summed E-state index contributed by atoms with van der Waals surface area (Å²) >= 11 is 0. The fraction of sp³-hybridized carbons (Fsp3) is 0.217. The standard InChI is InChI=1S/C23H21FO5S/c1-14-7-8-22(30(25,26)27)15(9-14)10-18-12-16-11-17(28-2)13-20(23(16)29-18)19-5-3-4-6-21(19)24/h3-9,11,13,18H,10,12H2,1-2H3,(H,25,26,27). The largest absolute Gasteiger partial charge is 0.497 e. The fourth-order valence-electron chi connectivity index (χ4n) is 3.88. The van der Waals surface area contributed by atoms with Gasteiger partial charge in [0.15, 0.2) is 0 Å². The molecule has 1 unspecified atom stereocenters. The average Bonchev–Trinajstić information content (AvgIpc) is 3.09. The van der Waals surface area contributed by atoms with Crippen LogP contribution in [-0.4, -0.2) is 26.2 Å². The Balaban J connectivity index is 1.72. The van der Waals surface area contributed by atoms with Crippen molar-refractivity contribution in [2.75, 3.05) is 7.11 Å². The molecule has 1 heterocycles. The summed E-state index contributed by atoms with van der Waals surface area (Å²) in [5, 5.41) is 0. The predicted molar refractivity (Wildman–Crippen MR) is 111 cm³/mol. The first-order valence-corrected chi connectivity index (χ1v) is 10.9. The molecule has 5 nitrogen and oxygen atoms in total. The average molecular weight is 428 g/mol. The van der Waals surface area contributed by atoms with E-state index in [0.717, 1.165) is 11.1 Å². The van der Waals surface area contributed by atoms with Crippen LogP contribution in [0, 0.1) is 12.7 Å². The molecule has 0 aliphatic carbocycles. The van der Waals surface area contributed by atoms with Gasteiger partial charge in [-0.2, -0.15) is 8.42 Å². The predicted octanol–water partition coefficient (Wildman–Crippen LogP) is 4.60. The Morgan fingerprint density at radius 1 is 1.13 bits per heavy atom. The number of ether oxygens (including phenoxy) is 2. The molecule has 1 aliphatic heterocycles. The lowest BCUT2D eigenvalue weighted by Crippen LogP contribution is -2.18. The summed E-state index contributed by atoms with van der Waals surface area (Å²) in [7, 11) is -2.80. The summed E-state index contributed by atoms with van der Waals surface area (Å²) in [6.07, 6.45) is 0.428. The third kappa shape index (κ3) is 3.91. The number of halogens is 1. The normalized spacial score (nSPS) is 15.5. The van der Waals surface area contributed by atoms with Crippen LogP contribution in [0.4, 0.5) is 4.39 Å². The van der Waals surface area contributed by atoms with Crippen molar-refractivity contribution in [1.29, 1.82) is 0 Å². The molecule has 30 heavy (non-hydrogen) atoms. The minimum atomic E-state index is -4.35. The van der Waals surface area contributed by atoms with Crippen molar-refractivity contribution in [2.24, 2.45) is 0 Å². The lowest BCUT2D eigenvalue weighted by atomic mass is 9.98. The van der Waals surface area contributed by atoms with Crippen LogP contribution in [0.5, 0.6) is 11.5 Å². The number of benzene rings is 3. The smallest absolute Gasteiger partial charge is 0.294 e. The second-order valence-electron chi connectivity index (χ2n) is 7.38. The minimum Gasteiger partial charge on any atom is -0.497 e. The lowest BCUT2D eigenvalue weighted by Gasteiger charge is -2.15. The first-order chi connectivity index (χ1) is 14.3. The molecule has 0 radical (unpaired) electrons. The third-order valence-electron chi connectivity index (χ3n) is 5.21. The van der Waals surface area contributed by atoms with E-state index in [0.29, 0.717) is 34.6 Å². The molecule has 7 heteroatoms. The van der Waals surface area contributed by atoms with E-state index in [2.05, 4.69) is 0 Å². The number of hydrogen-bond donors (Lipinski definition) is 1. The molecule has 0 saturated heterocycles. The Labute approximate surface area is 174 Å². The van der Waals surface area contributed by atoms with Crippen LogP contribution in [0.1, 0.15) is 16.7 Å². The summed E-state index contributed by atoms with van der Waals surface area (Å²) in [4.78, 5) is -0.125. The van der Waals surface area contributed by atoms with E-state index < -0.39 is 10.1 Å². The first-order valence-electron chi connectivity index (χ1n) is 9.45. The summed E-state index contributed by atoms with van der Waals surface area (Å²) < 4.78 is 59.1. The quantitative estimate of drug-likeness (QED) is 0.601. The second-order valence-corrected chi connectivity index (χ2v) is 8.77. The van der Waals surface area contributed by atoms with Crippen LogP contribution in [0.3, 0.4) is 0 Å². The monoisotopic (exact) mass is 428 g/mol. The number of aryl methyl sites for hydroxylation is 1. The third-order valence-corrected chi connectivity index (χ3v) is 6.17. The summed E-state index contributed by atoms with van der Waals surface area (Å²) in [5.41, 5.74) is 3.21. The van der Waals surface area contributed by atoms with Crippen molar-refractivity contribution < 1.29 is 26.8 Å². The van der Waals surface area contributed by atoms with Crippen molar-refractivity contribution in [2.45, 2.75) is 30.8 Å². The second kappa shape index (κ2) is 7.74. The van der Waals surface area contributed by atoms with Gasteiger partial charge in [-0.25, -0.2) is 4.39 Å². The van der Waals surface area contributed by atoms with Crippen LogP contribution in [-0.2, 0) is 23.0 Å². The maximum Gasteiger partial charge on any atom is 0.294 e. The van der Waals surface area contributed by atoms with E-state index in [1.54, 1.807) is 43.5 Å². The molecule has 0 spiro atoms. The van der Waals surface area contributed by atoms with Crippen LogP contribution in [0.25, 0.3) is 11.1 Å². The van der Waals surface area contributed by atoms with E-state index in [4.69, 9.17) is 9.47 Å². The van der Waals surface area contributed by atoms with Crippen molar-refractivity contribution in [3.05, 3.63) is 77.1 Å². The molecule has 1 atom stereocenters. The van der Waals surface area contributed by atoms with Gasteiger partial charge < -0.3 is 9.47 Å². The molecule has 1 N–H and O–H groups in total. The Bertz CT molecular complexity index is 1220. The zero-order valence-electron chi connectivity index (χ0n) is 16.6.